The Labute approximate surface area is 156 Å². The van der Waals surface area contributed by atoms with Crippen molar-refractivity contribution in [1.29, 1.82) is 0 Å². The summed E-state index contributed by atoms with van der Waals surface area (Å²) in [5.74, 6) is 0.321. The van der Waals surface area contributed by atoms with E-state index in [1.165, 1.54) is 11.3 Å². The SMILES string of the molecule is CC(C)N1CCNC(=O)[C@@H]1CC(=O)NCc1csc(-c2ncccn2)n1. The predicted octanol–water partition coefficient (Wildman–Crippen LogP) is 0.815. The number of rotatable bonds is 6. The summed E-state index contributed by atoms with van der Waals surface area (Å²) in [5, 5.41) is 8.27. The molecule has 2 amide bonds. The van der Waals surface area contributed by atoms with Crippen LogP contribution < -0.4 is 10.6 Å². The molecule has 0 aliphatic carbocycles. The summed E-state index contributed by atoms with van der Waals surface area (Å²) in [6, 6.07) is 1.54. The van der Waals surface area contributed by atoms with Gasteiger partial charge in [-0.1, -0.05) is 0 Å². The molecule has 138 valence electrons. The molecule has 2 N–H and O–H groups in total. The summed E-state index contributed by atoms with van der Waals surface area (Å²) in [5.41, 5.74) is 0.750. The number of hydrogen-bond donors (Lipinski definition) is 2. The molecule has 3 heterocycles. The lowest BCUT2D eigenvalue weighted by Gasteiger charge is -2.37. The zero-order valence-electron chi connectivity index (χ0n) is 14.8. The molecule has 0 unspecified atom stereocenters. The van der Waals surface area contributed by atoms with Crippen LogP contribution in [0.3, 0.4) is 0 Å². The summed E-state index contributed by atoms with van der Waals surface area (Å²) in [7, 11) is 0. The van der Waals surface area contributed by atoms with Crippen molar-refractivity contribution in [2.24, 2.45) is 0 Å². The molecule has 8 nitrogen and oxygen atoms in total. The lowest BCUT2D eigenvalue weighted by Crippen LogP contribution is -2.58. The van der Waals surface area contributed by atoms with Gasteiger partial charge < -0.3 is 10.6 Å². The number of carbonyl (C=O) groups is 2. The first kappa shape index (κ1) is 18.4. The fraction of sp³-hybridized carbons (Fsp3) is 0.471. The Bertz CT molecular complexity index is 764. The van der Waals surface area contributed by atoms with Gasteiger partial charge in [-0.3, -0.25) is 14.5 Å². The third kappa shape index (κ3) is 4.41. The Balaban J connectivity index is 1.55. The molecule has 1 saturated heterocycles. The maximum absolute atomic E-state index is 12.3. The average molecular weight is 374 g/mol. The minimum atomic E-state index is -0.424. The predicted molar refractivity (Wildman–Crippen MR) is 98.2 cm³/mol. The van der Waals surface area contributed by atoms with Gasteiger partial charge in [-0.2, -0.15) is 0 Å². The second-order valence-electron chi connectivity index (χ2n) is 6.34. The Morgan fingerprint density at radius 1 is 1.42 bits per heavy atom. The molecule has 1 fully saturated rings. The Morgan fingerprint density at radius 2 is 2.19 bits per heavy atom. The summed E-state index contributed by atoms with van der Waals surface area (Å²) >= 11 is 1.43. The second kappa shape index (κ2) is 8.33. The van der Waals surface area contributed by atoms with E-state index in [1.807, 2.05) is 19.2 Å². The van der Waals surface area contributed by atoms with Crippen LogP contribution in [-0.2, 0) is 16.1 Å². The Morgan fingerprint density at radius 3 is 2.92 bits per heavy atom. The summed E-state index contributed by atoms with van der Waals surface area (Å²) in [4.78, 5) is 39.3. The smallest absolute Gasteiger partial charge is 0.237 e. The Kier molecular flexibility index (Phi) is 5.89. The van der Waals surface area contributed by atoms with E-state index in [9.17, 15) is 9.59 Å². The highest BCUT2D eigenvalue weighted by Crippen LogP contribution is 2.19. The summed E-state index contributed by atoms with van der Waals surface area (Å²) < 4.78 is 0. The van der Waals surface area contributed by atoms with E-state index < -0.39 is 6.04 Å². The van der Waals surface area contributed by atoms with E-state index in [0.29, 0.717) is 23.9 Å². The van der Waals surface area contributed by atoms with E-state index in [4.69, 9.17) is 0 Å². The van der Waals surface area contributed by atoms with E-state index in [1.54, 1.807) is 18.5 Å². The second-order valence-corrected chi connectivity index (χ2v) is 7.19. The Hall–Kier alpha value is -2.39. The molecular formula is C17H22N6O2S. The molecule has 1 aliphatic heterocycles. The van der Waals surface area contributed by atoms with Gasteiger partial charge in [0, 0.05) is 36.9 Å². The highest BCUT2D eigenvalue weighted by Gasteiger charge is 2.32. The van der Waals surface area contributed by atoms with E-state index in [2.05, 4.69) is 30.5 Å². The van der Waals surface area contributed by atoms with Crippen molar-refractivity contribution in [3.8, 4) is 10.8 Å². The van der Waals surface area contributed by atoms with Gasteiger partial charge in [-0.05, 0) is 19.9 Å². The third-order valence-corrected chi connectivity index (χ3v) is 5.08. The number of nitrogens with zero attached hydrogens (tertiary/aromatic N) is 4. The number of carbonyl (C=O) groups excluding carboxylic acids is 2. The molecule has 0 spiro atoms. The minimum absolute atomic E-state index is 0.0859. The number of thiazole rings is 1. The van der Waals surface area contributed by atoms with E-state index in [0.717, 1.165) is 12.2 Å². The number of piperazine rings is 1. The standard InChI is InChI=1S/C17H22N6O2S/c1-11(2)23-7-6-20-16(25)13(23)8-14(24)21-9-12-10-26-17(22-12)15-18-4-3-5-19-15/h3-5,10-11,13H,6-9H2,1-2H3,(H,20,25)(H,21,24)/t13-/m0/s1. The monoisotopic (exact) mass is 374 g/mol. The molecule has 1 aliphatic rings. The maximum Gasteiger partial charge on any atom is 0.237 e. The molecule has 26 heavy (non-hydrogen) atoms. The summed E-state index contributed by atoms with van der Waals surface area (Å²) in [6.45, 7) is 5.77. The molecule has 3 rings (SSSR count). The minimum Gasteiger partial charge on any atom is -0.353 e. The van der Waals surface area contributed by atoms with Gasteiger partial charge in [-0.15, -0.1) is 11.3 Å². The van der Waals surface area contributed by atoms with Gasteiger partial charge in [0.15, 0.2) is 10.8 Å². The van der Waals surface area contributed by atoms with Crippen molar-refractivity contribution in [2.45, 2.75) is 38.9 Å². The number of nitrogens with one attached hydrogen (secondary N) is 2. The molecule has 1 atom stereocenters. The zero-order valence-corrected chi connectivity index (χ0v) is 15.6. The zero-order chi connectivity index (χ0) is 18.5. The highest BCUT2D eigenvalue weighted by molar-refractivity contribution is 7.13. The normalized spacial score (nSPS) is 18.0. The van der Waals surface area contributed by atoms with Crippen LogP contribution in [0.1, 0.15) is 26.0 Å². The molecule has 0 radical (unpaired) electrons. The van der Waals surface area contributed by atoms with Crippen LogP contribution in [0.4, 0.5) is 0 Å². The van der Waals surface area contributed by atoms with Gasteiger partial charge >= 0.3 is 0 Å². The lowest BCUT2D eigenvalue weighted by molar-refractivity contribution is -0.134. The molecule has 9 heteroatoms. The van der Waals surface area contributed by atoms with Crippen LogP contribution in [0.15, 0.2) is 23.8 Å². The topological polar surface area (TPSA) is 100 Å². The van der Waals surface area contributed by atoms with Crippen molar-refractivity contribution in [3.05, 3.63) is 29.5 Å². The lowest BCUT2D eigenvalue weighted by atomic mass is 10.1. The summed E-state index contributed by atoms with van der Waals surface area (Å²) in [6.07, 6.45) is 3.48. The van der Waals surface area contributed by atoms with Gasteiger partial charge in [-0.25, -0.2) is 15.0 Å². The first-order valence-corrected chi connectivity index (χ1v) is 9.44. The molecule has 2 aromatic rings. The van der Waals surface area contributed by atoms with Crippen molar-refractivity contribution >= 4 is 23.2 Å². The van der Waals surface area contributed by atoms with Gasteiger partial charge in [0.1, 0.15) is 0 Å². The molecule has 0 saturated carbocycles. The third-order valence-electron chi connectivity index (χ3n) is 4.19. The van der Waals surface area contributed by atoms with Crippen LogP contribution in [0.5, 0.6) is 0 Å². The number of aromatic nitrogens is 3. The van der Waals surface area contributed by atoms with Crippen molar-refractivity contribution in [3.63, 3.8) is 0 Å². The first-order valence-electron chi connectivity index (χ1n) is 8.56. The quantitative estimate of drug-likeness (QED) is 0.776. The van der Waals surface area contributed by atoms with Crippen molar-refractivity contribution in [2.75, 3.05) is 13.1 Å². The fourth-order valence-electron chi connectivity index (χ4n) is 2.90. The van der Waals surface area contributed by atoms with Gasteiger partial charge in [0.25, 0.3) is 0 Å². The van der Waals surface area contributed by atoms with Crippen LogP contribution in [0.2, 0.25) is 0 Å². The van der Waals surface area contributed by atoms with Crippen LogP contribution in [-0.4, -0.2) is 56.8 Å². The van der Waals surface area contributed by atoms with E-state index >= 15 is 0 Å². The molecule has 2 aromatic heterocycles. The number of amides is 2. The van der Waals surface area contributed by atoms with Gasteiger partial charge in [0.05, 0.1) is 24.7 Å². The van der Waals surface area contributed by atoms with Crippen molar-refractivity contribution < 1.29 is 9.59 Å². The van der Waals surface area contributed by atoms with E-state index in [-0.39, 0.29) is 24.3 Å². The number of hydrogen-bond acceptors (Lipinski definition) is 7. The average Bonchev–Trinajstić information content (AvgIpc) is 3.11. The molecular weight excluding hydrogens is 352 g/mol. The molecule has 0 bridgehead atoms. The van der Waals surface area contributed by atoms with Crippen molar-refractivity contribution in [1.82, 2.24) is 30.5 Å². The largest absolute Gasteiger partial charge is 0.353 e. The fourth-order valence-corrected chi connectivity index (χ4v) is 3.66. The van der Waals surface area contributed by atoms with Gasteiger partial charge in [0.2, 0.25) is 11.8 Å². The van der Waals surface area contributed by atoms with Crippen LogP contribution >= 0.6 is 11.3 Å². The first-order chi connectivity index (χ1) is 12.5. The van der Waals surface area contributed by atoms with Crippen LogP contribution in [0.25, 0.3) is 10.8 Å². The maximum atomic E-state index is 12.3. The van der Waals surface area contributed by atoms with Crippen LogP contribution in [0, 0.1) is 0 Å². The molecule has 0 aromatic carbocycles. The highest BCUT2D eigenvalue weighted by atomic mass is 32.1.